The molecule has 0 heterocycles. The summed E-state index contributed by atoms with van der Waals surface area (Å²) in [6.45, 7) is 7.10. The van der Waals surface area contributed by atoms with Gasteiger partial charge in [-0.25, -0.2) is 8.42 Å². The largest absolute Gasteiger partial charge is 0.497 e. The molecule has 10 heteroatoms. The van der Waals surface area contributed by atoms with Crippen molar-refractivity contribution in [1.29, 1.82) is 0 Å². The van der Waals surface area contributed by atoms with Crippen LogP contribution >= 0.6 is 0 Å². The highest BCUT2D eigenvalue weighted by Gasteiger charge is 2.33. The van der Waals surface area contributed by atoms with E-state index in [0.717, 1.165) is 21.7 Å². The second-order valence-corrected chi connectivity index (χ2v) is 10.8. The fourth-order valence-corrected chi connectivity index (χ4v) is 4.62. The fourth-order valence-electron chi connectivity index (χ4n) is 3.78. The molecule has 0 aliphatic rings. The van der Waals surface area contributed by atoms with Gasteiger partial charge in [-0.15, -0.1) is 0 Å². The molecular weight excluding hydrogens is 482 g/mol. The second-order valence-electron chi connectivity index (χ2n) is 8.90. The van der Waals surface area contributed by atoms with E-state index in [1.165, 1.54) is 25.2 Å². The van der Waals surface area contributed by atoms with Crippen molar-refractivity contribution in [2.24, 2.45) is 0 Å². The van der Waals surface area contributed by atoms with Gasteiger partial charge in [-0.05, 0) is 44.9 Å². The average molecular weight is 520 g/mol. The molecule has 1 N–H and O–H groups in total. The maximum absolute atomic E-state index is 13.8. The number of ether oxygens (including phenoxy) is 2. The van der Waals surface area contributed by atoms with Crippen molar-refractivity contribution in [3.8, 4) is 11.5 Å². The number of rotatable bonds is 12. The minimum Gasteiger partial charge on any atom is -0.497 e. The first-order chi connectivity index (χ1) is 16.9. The molecule has 0 fully saturated rings. The zero-order valence-electron chi connectivity index (χ0n) is 22.1. The highest BCUT2D eigenvalue weighted by Crippen LogP contribution is 2.34. The first kappa shape index (κ1) is 29.0. The van der Waals surface area contributed by atoms with Crippen molar-refractivity contribution >= 4 is 27.5 Å². The van der Waals surface area contributed by atoms with Crippen LogP contribution in [0.3, 0.4) is 0 Å². The zero-order valence-corrected chi connectivity index (χ0v) is 22.9. The zero-order chi connectivity index (χ0) is 27.0. The molecule has 9 nitrogen and oxygen atoms in total. The smallest absolute Gasteiger partial charge is 0.244 e. The minimum absolute atomic E-state index is 0.114. The van der Waals surface area contributed by atoms with Gasteiger partial charge in [0, 0.05) is 18.7 Å². The van der Waals surface area contributed by atoms with E-state index in [9.17, 15) is 18.0 Å². The molecule has 0 unspecified atom stereocenters. The number of amides is 2. The van der Waals surface area contributed by atoms with E-state index in [1.54, 1.807) is 12.1 Å². The van der Waals surface area contributed by atoms with Crippen LogP contribution in [0.15, 0.2) is 42.5 Å². The first-order valence-corrected chi connectivity index (χ1v) is 13.6. The van der Waals surface area contributed by atoms with E-state index in [4.69, 9.17) is 9.47 Å². The van der Waals surface area contributed by atoms with Crippen LogP contribution in [0.4, 0.5) is 5.69 Å². The number of benzene rings is 2. The molecule has 0 aliphatic heterocycles. The van der Waals surface area contributed by atoms with Gasteiger partial charge in [0.1, 0.15) is 24.1 Å². The number of carbonyl (C=O) groups is 2. The molecule has 0 aromatic heterocycles. The Labute approximate surface area is 214 Å². The van der Waals surface area contributed by atoms with Crippen molar-refractivity contribution in [1.82, 2.24) is 10.2 Å². The number of hydrogen-bond donors (Lipinski definition) is 1. The number of methoxy groups -OCH3 is 2. The molecule has 0 saturated heterocycles. The standard InChI is InChI=1S/C26H37N3O6S/c1-8-22(26(31)27-18(2)3)28(16-20-11-9-19(4)10-12-20)25(30)17-29(36(7,32)33)23-15-21(34-5)13-14-24(23)35-6/h9-15,18,22H,8,16-17H2,1-7H3,(H,27,31)/t22-/m1/s1. The third-order valence-corrected chi connectivity index (χ3v) is 6.75. The molecule has 2 rings (SSSR count). The van der Waals surface area contributed by atoms with Crippen LogP contribution in [0, 0.1) is 6.92 Å². The number of aryl methyl sites for hydroxylation is 1. The molecule has 198 valence electrons. The van der Waals surface area contributed by atoms with Crippen LogP contribution in [0.5, 0.6) is 11.5 Å². The molecule has 0 bridgehead atoms. The lowest BCUT2D eigenvalue weighted by Crippen LogP contribution is -2.53. The minimum atomic E-state index is -3.90. The van der Waals surface area contributed by atoms with Gasteiger partial charge in [-0.2, -0.15) is 0 Å². The van der Waals surface area contributed by atoms with E-state index in [2.05, 4.69) is 5.32 Å². The topological polar surface area (TPSA) is 105 Å². The lowest BCUT2D eigenvalue weighted by Gasteiger charge is -2.33. The van der Waals surface area contributed by atoms with E-state index in [0.29, 0.717) is 12.2 Å². The van der Waals surface area contributed by atoms with Crippen LogP contribution in [-0.4, -0.2) is 64.2 Å². The van der Waals surface area contributed by atoms with Crippen LogP contribution in [0.2, 0.25) is 0 Å². The van der Waals surface area contributed by atoms with E-state index >= 15 is 0 Å². The molecule has 2 amide bonds. The van der Waals surface area contributed by atoms with Crippen molar-refractivity contribution in [2.45, 2.75) is 52.7 Å². The Hall–Kier alpha value is -3.27. The van der Waals surface area contributed by atoms with Gasteiger partial charge in [0.05, 0.1) is 26.2 Å². The van der Waals surface area contributed by atoms with E-state index in [-0.39, 0.29) is 29.9 Å². The highest BCUT2D eigenvalue weighted by molar-refractivity contribution is 7.92. The highest BCUT2D eigenvalue weighted by atomic mass is 32.2. The van der Waals surface area contributed by atoms with Gasteiger partial charge >= 0.3 is 0 Å². The molecule has 1 atom stereocenters. The summed E-state index contributed by atoms with van der Waals surface area (Å²) in [6.07, 6.45) is 1.38. The van der Waals surface area contributed by atoms with Gasteiger partial charge in [-0.3, -0.25) is 13.9 Å². The summed E-state index contributed by atoms with van der Waals surface area (Å²) in [7, 11) is -1.02. The monoisotopic (exact) mass is 519 g/mol. The van der Waals surface area contributed by atoms with Crippen molar-refractivity contribution < 1.29 is 27.5 Å². The van der Waals surface area contributed by atoms with Crippen molar-refractivity contribution in [3.63, 3.8) is 0 Å². The van der Waals surface area contributed by atoms with Gasteiger partial charge in [0.2, 0.25) is 21.8 Å². The SMILES string of the molecule is CC[C@H](C(=O)NC(C)C)N(Cc1ccc(C)cc1)C(=O)CN(c1cc(OC)ccc1OC)S(C)(=O)=O. The van der Waals surface area contributed by atoms with Gasteiger partial charge in [-0.1, -0.05) is 36.8 Å². The lowest BCUT2D eigenvalue weighted by molar-refractivity contribution is -0.140. The number of anilines is 1. The summed E-state index contributed by atoms with van der Waals surface area (Å²) < 4.78 is 37.3. The van der Waals surface area contributed by atoms with Crippen LogP contribution < -0.4 is 19.1 Å². The Morgan fingerprint density at radius 3 is 2.17 bits per heavy atom. The second kappa shape index (κ2) is 12.6. The summed E-state index contributed by atoms with van der Waals surface area (Å²) in [4.78, 5) is 28.2. The van der Waals surface area contributed by atoms with Gasteiger partial charge < -0.3 is 19.7 Å². The Bertz CT molecular complexity index is 1150. The van der Waals surface area contributed by atoms with Gasteiger partial charge in [0.25, 0.3) is 0 Å². The van der Waals surface area contributed by atoms with Crippen molar-refractivity contribution in [2.75, 3.05) is 31.3 Å². The fraction of sp³-hybridized carbons (Fsp3) is 0.462. The predicted octanol–water partition coefficient (Wildman–Crippen LogP) is 3.11. The molecule has 0 saturated carbocycles. The number of sulfonamides is 1. The van der Waals surface area contributed by atoms with Crippen molar-refractivity contribution in [3.05, 3.63) is 53.6 Å². The summed E-state index contributed by atoms with van der Waals surface area (Å²) in [5.74, 6) is -0.135. The number of hydrogen-bond acceptors (Lipinski definition) is 6. The van der Waals surface area contributed by atoms with E-state index in [1.807, 2.05) is 52.0 Å². The Morgan fingerprint density at radius 1 is 1.03 bits per heavy atom. The molecule has 0 spiro atoms. The molecule has 2 aromatic carbocycles. The van der Waals surface area contributed by atoms with Crippen LogP contribution in [0.25, 0.3) is 0 Å². The van der Waals surface area contributed by atoms with Crippen LogP contribution in [0.1, 0.15) is 38.3 Å². The predicted molar refractivity (Wildman–Crippen MR) is 141 cm³/mol. The maximum Gasteiger partial charge on any atom is 0.244 e. The van der Waals surface area contributed by atoms with Gasteiger partial charge in [0.15, 0.2) is 0 Å². The number of carbonyl (C=O) groups excluding carboxylic acids is 2. The Morgan fingerprint density at radius 2 is 1.67 bits per heavy atom. The lowest BCUT2D eigenvalue weighted by atomic mass is 10.1. The van der Waals surface area contributed by atoms with E-state index < -0.39 is 28.5 Å². The molecule has 0 aliphatic carbocycles. The van der Waals surface area contributed by atoms with Crippen LogP contribution in [-0.2, 0) is 26.2 Å². The molecule has 2 aromatic rings. The number of nitrogens with one attached hydrogen (secondary N) is 1. The first-order valence-electron chi connectivity index (χ1n) is 11.8. The average Bonchev–Trinajstić information content (AvgIpc) is 2.81. The molecule has 36 heavy (non-hydrogen) atoms. The summed E-state index contributed by atoms with van der Waals surface area (Å²) in [5.41, 5.74) is 2.06. The normalized spacial score (nSPS) is 12.1. The third kappa shape index (κ3) is 7.61. The maximum atomic E-state index is 13.8. The third-order valence-electron chi connectivity index (χ3n) is 5.62. The number of nitrogens with zero attached hydrogens (tertiary/aromatic N) is 2. The Balaban J connectivity index is 2.52. The Kier molecular flexibility index (Phi) is 10.2. The quantitative estimate of drug-likeness (QED) is 0.462. The molecule has 0 radical (unpaired) electrons. The summed E-state index contributed by atoms with van der Waals surface area (Å²) in [5, 5.41) is 2.87. The molecular formula is C26H37N3O6S. The summed E-state index contributed by atoms with van der Waals surface area (Å²) in [6, 6.07) is 11.5. The summed E-state index contributed by atoms with van der Waals surface area (Å²) >= 11 is 0.